The summed E-state index contributed by atoms with van der Waals surface area (Å²) in [6, 6.07) is 3.69. The van der Waals surface area contributed by atoms with E-state index in [4.69, 9.17) is 0 Å². The van der Waals surface area contributed by atoms with Crippen molar-refractivity contribution in [2.75, 3.05) is 18.3 Å². The Kier molecular flexibility index (Phi) is 3.04. The average molecular weight is 183 g/mol. The number of pyridine rings is 1. The molecule has 0 aliphatic carbocycles. The van der Waals surface area contributed by atoms with Crippen LogP contribution in [0.3, 0.4) is 0 Å². The molecule has 0 amide bonds. The van der Waals surface area contributed by atoms with E-state index in [9.17, 15) is 4.91 Å². The van der Waals surface area contributed by atoms with Crippen molar-refractivity contribution < 1.29 is 0 Å². The van der Waals surface area contributed by atoms with Gasteiger partial charge in [-0.15, -0.1) is 16.7 Å². The van der Waals surface area contributed by atoms with Crippen molar-refractivity contribution in [3.63, 3.8) is 0 Å². The molecular weight excluding hydrogens is 174 g/mol. The molecule has 5 heteroatoms. The van der Waals surface area contributed by atoms with Gasteiger partial charge in [-0.05, 0) is 18.4 Å². The normalized spacial score (nSPS) is 9.50. The van der Waals surface area contributed by atoms with Crippen molar-refractivity contribution >= 4 is 17.6 Å². The Morgan fingerprint density at radius 1 is 1.67 bits per heavy atom. The van der Waals surface area contributed by atoms with E-state index < -0.39 is 0 Å². The molecule has 0 unspecified atom stereocenters. The Morgan fingerprint density at radius 3 is 3.00 bits per heavy atom. The first-order valence-corrected chi connectivity index (χ1v) is 4.57. The van der Waals surface area contributed by atoms with Gasteiger partial charge in [-0.25, -0.2) is 9.99 Å². The Labute approximate surface area is 74.9 Å². The van der Waals surface area contributed by atoms with Gasteiger partial charge in [-0.3, -0.25) is 0 Å². The molecule has 1 heterocycles. The summed E-state index contributed by atoms with van der Waals surface area (Å²) in [5.74, 6) is 0.567. The Bertz CT molecular complexity index is 279. The zero-order valence-electron chi connectivity index (χ0n) is 6.89. The summed E-state index contributed by atoms with van der Waals surface area (Å²) >= 11 is 1.60. The summed E-state index contributed by atoms with van der Waals surface area (Å²) in [4.78, 5) is 15.2. The maximum atomic E-state index is 10.1. The third-order valence-corrected chi connectivity index (χ3v) is 2.13. The van der Waals surface area contributed by atoms with Crippen LogP contribution in [0.1, 0.15) is 0 Å². The summed E-state index contributed by atoms with van der Waals surface area (Å²) < 4.78 is 0. The lowest BCUT2D eigenvalue weighted by atomic mass is 10.4. The lowest BCUT2D eigenvalue weighted by Crippen LogP contribution is -2.08. The van der Waals surface area contributed by atoms with E-state index in [1.807, 2.05) is 18.4 Å². The third kappa shape index (κ3) is 1.94. The smallest absolute Gasteiger partial charge is 0.152 e. The van der Waals surface area contributed by atoms with E-state index in [-0.39, 0.29) is 0 Å². The molecule has 0 atom stereocenters. The number of rotatable bonds is 3. The molecule has 1 aromatic rings. The van der Waals surface area contributed by atoms with Crippen LogP contribution < -0.4 is 5.01 Å². The second-order valence-electron chi connectivity index (χ2n) is 2.16. The highest BCUT2D eigenvalue weighted by atomic mass is 32.2. The maximum absolute atomic E-state index is 10.1. The topological polar surface area (TPSA) is 45.6 Å². The third-order valence-electron chi connectivity index (χ3n) is 1.41. The molecule has 0 spiro atoms. The van der Waals surface area contributed by atoms with Crippen LogP contribution in [0.5, 0.6) is 0 Å². The van der Waals surface area contributed by atoms with E-state index in [1.54, 1.807) is 25.0 Å². The van der Waals surface area contributed by atoms with E-state index in [0.29, 0.717) is 5.82 Å². The van der Waals surface area contributed by atoms with Gasteiger partial charge in [0.1, 0.15) is 0 Å². The minimum atomic E-state index is 0.567. The summed E-state index contributed by atoms with van der Waals surface area (Å²) in [6.07, 6.45) is 3.62. The van der Waals surface area contributed by atoms with Crippen LogP contribution in [-0.2, 0) is 0 Å². The van der Waals surface area contributed by atoms with Crippen molar-refractivity contribution in [1.82, 2.24) is 4.98 Å². The van der Waals surface area contributed by atoms with Crippen LogP contribution in [0, 0.1) is 4.91 Å². The van der Waals surface area contributed by atoms with E-state index >= 15 is 0 Å². The lowest BCUT2D eigenvalue weighted by Gasteiger charge is -2.07. The van der Waals surface area contributed by atoms with Crippen LogP contribution in [0.15, 0.2) is 28.5 Å². The minimum Gasteiger partial charge on any atom is -0.237 e. The van der Waals surface area contributed by atoms with Crippen LogP contribution in [-0.4, -0.2) is 18.3 Å². The summed E-state index contributed by atoms with van der Waals surface area (Å²) in [5, 5.41) is 3.94. The molecule has 0 radical (unpaired) electrons. The van der Waals surface area contributed by atoms with Crippen molar-refractivity contribution in [2.24, 2.45) is 5.29 Å². The molecule has 0 saturated heterocycles. The highest BCUT2D eigenvalue weighted by Crippen LogP contribution is 2.18. The van der Waals surface area contributed by atoms with Gasteiger partial charge in [0.15, 0.2) is 5.82 Å². The van der Waals surface area contributed by atoms with Gasteiger partial charge < -0.3 is 0 Å². The molecule has 64 valence electrons. The summed E-state index contributed by atoms with van der Waals surface area (Å²) in [6.45, 7) is 0. The number of thioether (sulfide) groups is 1. The monoisotopic (exact) mass is 183 g/mol. The quantitative estimate of drug-likeness (QED) is 0.408. The van der Waals surface area contributed by atoms with E-state index in [2.05, 4.69) is 10.3 Å². The Balaban J connectivity index is 2.93. The summed E-state index contributed by atoms with van der Waals surface area (Å²) in [5.41, 5.74) is 0. The van der Waals surface area contributed by atoms with E-state index in [0.717, 1.165) is 4.90 Å². The number of nitroso groups, excluding NO2 is 1. The predicted octanol–water partition coefficient (Wildman–Crippen LogP) is 1.92. The van der Waals surface area contributed by atoms with Gasteiger partial charge in [-0.2, -0.15) is 0 Å². The summed E-state index contributed by atoms with van der Waals surface area (Å²) in [7, 11) is 1.57. The van der Waals surface area contributed by atoms with Crippen molar-refractivity contribution in [3.05, 3.63) is 23.2 Å². The van der Waals surface area contributed by atoms with Gasteiger partial charge in [0.25, 0.3) is 0 Å². The molecule has 0 bridgehead atoms. The van der Waals surface area contributed by atoms with E-state index in [1.165, 1.54) is 5.01 Å². The fourth-order valence-electron chi connectivity index (χ4n) is 0.745. The predicted molar refractivity (Wildman–Crippen MR) is 50.2 cm³/mol. The van der Waals surface area contributed by atoms with Crippen LogP contribution in [0.2, 0.25) is 0 Å². The van der Waals surface area contributed by atoms with Gasteiger partial charge in [0.2, 0.25) is 0 Å². The molecule has 0 aromatic carbocycles. The fourth-order valence-corrected chi connectivity index (χ4v) is 1.17. The highest BCUT2D eigenvalue weighted by Gasteiger charge is 2.01. The Hall–Kier alpha value is -1.10. The first-order chi connectivity index (χ1) is 5.77. The fraction of sp³-hybridized carbons (Fsp3) is 0.286. The SMILES string of the molecule is CSc1ccnc(N(C)N=O)c1. The molecule has 0 aliphatic rings. The molecule has 12 heavy (non-hydrogen) atoms. The first kappa shape index (κ1) is 8.99. The second kappa shape index (κ2) is 4.06. The van der Waals surface area contributed by atoms with Crippen LogP contribution in [0.4, 0.5) is 5.82 Å². The minimum absolute atomic E-state index is 0.567. The first-order valence-electron chi connectivity index (χ1n) is 3.35. The number of nitrogens with zero attached hydrogens (tertiary/aromatic N) is 3. The van der Waals surface area contributed by atoms with Crippen LogP contribution in [0.25, 0.3) is 0 Å². The van der Waals surface area contributed by atoms with Crippen molar-refractivity contribution in [3.8, 4) is 0 Å². The van der Waals surface area contributed by atoms with Crippen molar-refractivity contribution in [2.45, 2.75) is 4.90 Å². The molecule has 0 aliphatic heterocycles. The molecule has 1 rings (SSSR count). The van der Waals surface area contributed by atoms with Gasteiger partial charge in [0.05, 0.1) is 5.29 Å². The molecule has 1 aromatic heterocycles. The largest absolute Gasteiger partial charge is 0.237 e. The molecule has 0 N–H and O–H groups in total. The molecule has 0 fully saturated rings. The van der Waals surface area contributed by atoms with Crippen molar-refractivity contribution in [1.29, 1.82) is 0 Å². The lowest BCUT2D eigenvalue weighted by molar-refractivity contribution is 0.960. The number of anilines is 1. The number of aromatic nitrogens is 1. The second-order valence-corrected chi connectivity index (χ2v) is 3.04. The highest BCUT2D eigenvalue weighted by molar-refractivity contribution is 7.98. The maximum Gasteiger partial charge on any atom is 0.152 e. The van der Waals surface area contributed by atoms with Gasteiger partial charge in [0, 0.05) is 18.1 Å². The molecule has 0 saturated carbocycles. The average Bonchev–Trinajstić information content (AvgIpc) is 2.17. The van der Waals surface area contributed by atoms with Crippen LogP contribution >= 0.6 is 11.8 Å². The number of hydrogen-bond donors (Lipinski definition) is 0. The number of hydrogen-bond acceptors (Lipinski definition) is 4. The standard InChI is InChI=1S/C7H9N3OS/c1-10(9-11)7-5-6(12-2)3-4-8-7/h3-5H,1-2H3. The van der Waals surface area contributed by atoms with Gasteiger partial charge in [-0.1, -0.05) is 0 Å². The van der Waals surface area contributed by atoms with Gasteiger partial charge >= 0.3 is 0 Å². The molecular formula is C7H9N3OS. The Morgan fingerprint density at radius 2 is 2.42 bits per heavy atom. The zero-order chi connectivity index (χ0) is 8.97. The zero-order valence-corrected chi connectivity index (χ0v) is 7.71. The molecule has 4 nitrogen and oxygen atoms in total.